The van der Waals surface area contributed by atoms with Gasteiger partial charge in [0.15, 0.2) is 0 Å². The van der Waals surface area contributed by atoms with Gasteiger partial charge >= 0.3 is 13.6 Å². The van der Waals surface area contributed by atoms with Gasteiger partial charge in [0.05, 0.1) is 12.3 Å². The number of carbonyl (C=O) groups excluding carboxylic acids is 1. The van der Waals surface area contributed by atoms with Gasteiger partial charge in [-0.2, -0.15) is 0 Å². The molecule has 2 aromatic carbocycles. The van der Waals surface area contributed by atoms with E-state index < -0.39 is 31.8 Å². The van der Waals surface area contributed by atoms with Crippen molar-refractivity contribution < 1.29 is 29.0 Å². The van der Waals surface area contributed by atoms with Gasteiger partial charge in [-0.15, -0.1) is 0 Å². The van der Waals surface area contributed by atoms with Crippen LogP contribution >= 0.6 is 7.60 Å². The second-order valence-corrected chi connectivity index (χ2v) is 8.28. The summed E-state index contributed by atoms with van der Waals surface area (Å²) >= 11 is 0. The Hall–Kier alpha value is -2.51. The van der Waals surface area contributed by atoms with Crippen LogP contribution in [-0.4, -0.2) is 45.6 Å². The summed E-state index contributed by atoms with van der Waals surface area (Å²) in [6.45, 7) is 0.173. The molecule has 0 spiro atoms. The summed E-state index contributed by atoms with van der Waals surface area (Å²) in [5, 5.41) is 13.9. The third-order valence-electron chi connectivity index (χ3n) is 4.23. The maximum absolute atomic E-state index is 12.4. The van der Waals surface area contributed by atoms with Crippen molar-refractivity contribution in [2.24, 2.45) is 0 Å². The fourth-order valence-corrected chi connectivity index (χ4v) is 3.22. The predicted molar refractivity (Wildman–Crippen MR) is 109 cm³/mol. The molecule has 0 saturated carbocycles. The zero-order valence-electron chi connectivity index (χ0n) is 15.8. The van der Waals surface area contributed by atoms with Crippen molar-refractivity contribution in [2.75, 3.05) is 12.8 Å². The summed E-state index contributed by atoms with van der Waals surface area (Å²) in [7, 11) is -4.33. The van der Waals surface area contributed by atoms with Crippen LogP contribution in [0.2, 0.25) is 0 Å². The quantitative estimate of drug-likeness (QED) is 0.277. The van der Waals surface area contributed by atoms with Gasteiger partial charge in [0, 0.05) is 13.0 Å². The number of rotatable bonds is 11. The third kappa shape index (κ3) is 8.58. The molecule has 0 aliphatic heterocycles. The Morgan fingerprint density at radius 3 is 2.17 bits per heavy atom. The molecule has 8 nitrogen and oxygen atoms in total. The van der Waals surface area contributed by atoms with Gasteiger partial charge in [0.2, 0.25) is 5.91 Å². The average Bonchev–Trinajstić information content (AvgIpc) is 2.68. The first-order valence-electron chi connectivity index (χ1n) is 9.16. The normalized spacial score (nSPS) is 12.3. The summed E-state index contributed by atoms with van der Waals surface area (Å²) in [6.07, 6.45) is -0.179. The Morgan fingerprint density at radius 2 is 1.59 bits per heavy atom. The van der Waals surface area contributed by atoms with E-state index in [0.29, 0.717) is 0 Å². The van der Waals surface area contributed by atoms with Crippen LogP contribution in [0.3, 0.4) is 0 Å². The van der Waals surface area contributed by atoms with Crippen molar-refractivity contribution in [1.82, 2.24) is 10.6 Å². The molecule has 0 bridgehead atoms. The SMILES string of the molecule is O=C(O)CCCNC(=O)C(Cc1ccc(-c2ccccc2)cc1)NCP(=O)(O)O. The van der Waals surface area contributed by atoms with Crippen molar-refractivity contribution in [3.8, 4) is 11.1 Å². The molecule has 156 valence electrons. The molecule has 0 aliphatic carbocycles. The van der Waals surface area contributed by atoms with Gasteiger partial charge in [0.1, 0.15) is 0 Å². The minimum atomic E-state index is -4.33. The molecule has 0 radical (unpaired) electrons. The van der Waals surface area contributed by atoms with Crippen LogP contribution in [0, 0.1) is 0 Å². The van der Waals surface area contributed by atoms with Gasteiger partial charge in [-0.25, -0.2) is 0 Å². The van der Waals surface area contributed by atoms with Gasteiger partial charge in [-0.1, -0.05) is 54.6 Å². The zero-order chi connectivity index (χ0) is 21.3. The summed E-state index contributed by atoms with van der Waals surface area (Å²) in [5.74, 6) is -1.38. The summed E-state index contributed by atoms with van der Waals surface area (Å²) in [5.41, 5.74) is 2.91. The lowest BCUT2D eigenvalue weighted by Gasteiger charge is -2.19. The van der Waals surface area contributed by atoms with Crippen molar-refractivity contribution in [2.45, 2.75) is 25.3 Å². The Kier molecular flexibility index (Phi) is 8.54. The molecule has 1 atom stereocenters. The van der Waals surface area contributed by atoms with Gasteiger partial charge in [-0.3, -0.25) is 19.5 Å². The first-order valence-corrected chi connectivity index (χ1v) is 11.0. The lowest BCUT2D eigenvalue weighted by Crippen LogP contribution is -2.46. The fraction of sp³-hybridized carbons (Fsp3) is 0.300. The lowest BCUT2D eigenvalue weighted by atomic mass is 10.0. The van der Waals surface area contributed by atoms with E-state index >= 15 is 0 Å². The molecule has 0 aromatic heterocycles. The number of hydrogen-bond acceptors (Lipinski definition) is 4. The van der Waals surface area contributed by atoms with Gasteiger partial charge in [0.25, 0.3) is 0 Å². The maximum Gasteiger partial charge on any atom is 0.339 e. The van der Waals surface area contributed by atoms with Crippen molar-refractivity contribution in [3.63, 3.8) is 0 Å². The fourth-order valence-electron chi connectivity index (χ4n) is 2.76. The first-order chi connectivity index (χ1) is 13.7. The highest BCUT2D eigenvalue weighted by molar-refractivity contribution is 7.51. The standard InChI is InChI=1S/C20H25N2O6P/c23-19(24)7-4-12-21-20(25)18(22-14-29(26,27)28)13-15-8-10-17(11-9-15)16-5-2-1-3-6-16/h1-3,5-6,8-11,18,22H,4,7,12-14H2,(H,21,25)(H,23,24)(H2,26,27,28). The molecule has 2 rings (SSSR count). The van der Waals surface area contributed by atoms with Crippen molar-refractivity contribution >= 4 is 19.5 Å². The van der Waals surface area contributed by atoms with E-state index in [9.17, 15) is 14.2 Å². The highest BCUT2D eigenvalue weighted by Crippen LogP contribution is 2.32. The molecule has 1 amide bonds. The Labute approximate surface area is 169 Å². The molecule has 0 saturated heterocycles. The molecule has 0 fully saturated rings. The number of carbonyl (C=O) groups is 2. The molecule has 1 unspecified atom stereocenters. The number of carboxylic acids is 1. The van der Waals surface area contributed by atoms with Crippen LogP contribution in [0.5, 0.6) is 0 Å². The van der Waals surface area contributed by atoms with Crippen LogP contribution in [0.1, 0.15) is 18.4 Å². The molecule has 5 N–H and O–H groups in total. The zero-order valence-corrected chi connectivity index (χ0v) is 16.7. The molecule has 9 heteroatoms. The summed E-state index contributed by atoms with van der Waals surface area (Å²) < 4.78 is 11.2. The van der Waals surface area contributed by atoms with E-state index in [1.807, 2.05) is 54.6 Å². The Balaban J connectivity index is 2.02. The number of benzene rings is 2. The van der Waals surface area contributed by atoms with Gasteiger partial charge < -0.3 is 20.2 Å². The minimum Gasteiger partial charge on any atom is -0.481 e. The van der Waals surface area contributed by atoms with E-state index in [1.165, 1.54) is 0 Å². The monoisotopic (exact) mass is 420 g/mol. The van der Waals surface area contributed by atoms with E-state index in [0.717, 1.165) is 16.7 Å². The van der Waals surface area contributed by atoms with Gasteiger partial charge in [-0.05, 0) is 29.5 Å². The smallest absolute Gasteiger partial charge is 0.339 e. The number of aliphatic carboxylic acids is 1. The van der Waals surface area contributed by atoms with Crippen LogP contribution < -0.4 is 10.6 Å². The molecular weight excluding hydrogens is 395 g/mol. The molecular formula is C20H25N2O6P. The Morgan fingerprint density at radius 1 is 0.966 bits per heavy atom. The van der Waals surface area contributed by atoms with Crippen LogP contribution in [0.25, 0.3) is 11.1 Å². The topological polar surface area (TPSA) is 136 Å². The van der Waals surface area contributed by atoms with Crippen molar-refractivity contribution in [1.29, 1.82) is 0 Å². The number of amides is 1. The summed E-state index contributed by atoms with van der Waals surface area (Å²) in [4.78, 5) is 41.2. The van der Waals surface area contributed by atoms with E-state index in [1.54, 1.807) is 0 Å². The molecule has 29 heavy (non-hydrogen) atoms. The molecule has 0 heterocycles. The second-order valence-electron chi connectivity index (χ2n) is 6.63. The number of hydrogen-bond donors (Lipinski definition) is 5. The molecule has 2 aromatic rings. The lowest BCUT2D eigenvalue weighted by molar-refractivity contribution is -0.137. The first kappa shape index (κ1) is 22.8. The second kappa shape index (κ2) is 10.9. The summed E-state index contributed by atoms with van der Waals surface area (Å²) in [6, 6.07) is 16.5. The minimum absolute atomic E-state index is 0.0677. The Bertz CT molecular complexity index is 851. The van der Waals surface area contributed by atoms with Crippen LogP contribution in [0.4, 0.5) is 0 Å². The van der Waals surface area contributed by atoms with E-state index in [2.05, 4.69) is 10.6 Å². The van der Waals surface area contributed by atoms with Crippen molar-refractivity contribution in [3.05, 3.63) is 60.2 Å². The number of nitrogens with one attached hydrogen (secondary N) is 2. The average molecular weight is 420 g/mol. The number of carboxylic acid groups (broad SMARTS) is 1. The van der Waals surface area contributed by atoms with E-state index in [4.69, 9.17) is 14.9 Å². The van der Waals surface area contributed by atoms with E-state index in [-0.39, 0.29) is 25.8 Å². The van der Waals surface area contributed by atoms with Crippen LogP contribution in [0.15, 0.2) is 54.6 Å². The predicted octanol–water partition coefficient (Wildman–Crippen LogP) is 1.97. The third-order valence-corrected chi connectivity index (χ3v) is 4.82. The highest BCUT2D eigenvalue weighted by Gasteiger charge is 2.22. The largest absolute Gasteiger partial charge is 0.481 e. The van der Waals surface area contributed by atoms with Crippen LogP contribution in [-0.2, 0) is 20.6 Å². The molecule has 0 aliphatic rings. The maximum atomic E-state index is 12.4. The highest BCUT2D eigenvalue weighted by atomic mass is 31.2.